The normalized spacial score (nSPS) is 24.9. The lowest BCUT2D eigenvalue weighted by Gasteiger charge is -2.46. The highest BCUT2D eigenvalue weighted by atomic mass is 16.7. The summed E-state index contributed by atoms with van der Waals surface area (Å²) >= 11 is 0. The van der Waals surface area contributed by atoms with E-state index < -0.39 is 86.8 Å². The first-order valence-corrected chi connectivity index (χ1v) is 31.9. The Hall–Kier alpha value is -1.27. The van der Waals surface area contributed by atoms with Crippen molar-refractivity contribution >= 4 is 5.91 Å². The minimum Gasteiger partial charge on any atom is -0.394 e. The maximum atomic E-state index is 13.2. The summed E-state index contributed by atoms with van der Waals surface area (Å²) in [6.07, 6.45) is 40.2. The number of carbonyl (C=O) groups is 1. The van der Waals surface area contributed by atoms with E-state index in [1.807, 2.05) is 6.08 Å². The maximum absolute atomic E-state index is 13.2. The number of amides is 1. The highest BCUT2D eigenvalue weighted by Gasteiger charge is 2.51. The molecule has 14 nitrogen and oxygen atoms in total. The number of rotatable bonds is 52. The second-order valence-electron chi connectivity index (χ2n) is 22.9. The first-order valence-electron chi connectivity index (χ1n) is 31.9. The van der Waals surface area contributed by atoms with Gasteiger partial charge in [-0.25, -0.2) is 0 Å². The van der Waals surface area contributed by atoms with Gasteiger partial charge in [0, 0.05) is 6.42 Å². The Kier molecular flexibility index (Phi) is 45.1. The van der Waals surface area contributed by atoms with Crippen LogP contribution in [0.15, 0.2) is 12.2 Å². The number of allylic oxidation sites excluding steroid dienone is 1. The number of aliphatic hydroxyl groups is 8. The summed E-state index contributed by atoms with van der Waals surface area (Å²) in [7, 11) is 0. The molecule has 0 spiro atoms. The summed E-state index contributed by atoms with van der Waals surface area (Å²) in [5.41, 5.74) is 0. The molecular weight excluding hydrogens is 967 g/mol. The van der Waals surface area contributed by atoms with Gasteiger partial charge in [0.05, 0.1) is 32.0 Å². The molecule has 2 aliphatic rings. The van der Waals surface area contributed by atoms with E-state index in [9.17, 15) is 45.6 Å². The molecule has 1 amide bonds. The predicted molar refractivity (Wildman–Crippen MR) is 305 cm³/mol. The summed E-state index contributed by atoms with van der Waals surface area (Å²) in [4.78, 5) is 13.2. The number of unbranched alkanes of at least 4 members (excludes halogenated alkanes) is 39. The molecule has 12 unspecified atom stereocenters. The van der Waals surface area contributed by atoms with Gasteiger partial charge in [0.1, 0.15) is 48.8 Å². The second kappa shape index (κ2) is 48.4. The molecule has 0 bridgehead atoms. The molecule has 0 aromatic rings. The average Bonchev–Trinajstić information content (AvgIpc) is 3.42. The Morgan fingerprint density at radius 2 is 0.816 bits per heavy atom. The summed E-state index contributed by atoms with van der Waals surface area (Å²) in [6, 6.07) is -0.908. The van der Waals surface area contributed by atoms with Crippen molar-refractivity contribution in [1.29, 1.82) is 0 Å². The summed E-state index contributed by atoms with van der Waals surface area (Å²) in [6.45, 7) is 2.80. The zero-order valence-electron chi connectivity index (χ0n) is 48.5. The fraction of sp³-hybridized carbons (Fsp3) is 0.952. The van der Waals surface area contributed by atoms with E-state index in [1.54, 1.807) is 6.08 Å². The first-order chi connectivity index (χ1) is 37.1. The van der Waals surface area contributed by atoms with Crippen molar-refractivity contribution in [3.63, 3.8) is 0 Å². The fourth-order valence-electron chi connectivity index (χ4n) is 10.8. The van der Waals surface area contributed by atoms with Crippen LogP contribution in [-0.2, 0) is 23.7 Å². The third kappa shape index (κ3) is 33.5. The molecule has 2 saturated heterocycles. The SMILES string of the molecule is CCCCCCCCCC/C=C/C(O)C(COC1OC(CO)C(OC2OC(CO)C(O)C(O)C2O)C(O)C1O)NC(=O)CCCCCCCCCCCCCCCCCCCCCCCCCCCCCCCCCC. The standard InChI is InChI=1S/C62H119NO13/c1-3-5-7-9-11-13-15-16-17-18-19-20-21-22-23-24-25-26-27-28-29-30-31-32-33-34-35-36-38-40-42-44-46-54(67)63-50(51(66)45-43-41-39-37-14-12-10-8-6-4-2)49-73-61-59(72)57(70)60(53(48-65)75-61)76-62-58(71)56(69)55(68)52(47-64)74-62/h43,45,50-53,55-62,64-66,68-72H,3-42,44,46-49H2,1-2H3,(H,63,67)/b45-43+. The molecule has 12 atom stereocenters. The minimum atomic E-state index is -1.78. The van der Waals surface area contributed by atoms with E-state index in [0.29, 0.717) is 6.42 Å². The molecule has 2 aliphatic heterocycles. The van der Waals surface area contributed by atoms with Crippen LogP contribution >= 0.6 is 0 Å². The van der Waals surface area contributed by atoms with Crippen LogP contribution in [0.2, 0.25) is 0 Å². The summed E-state index contributed by atoms with van der Waals surface area (Å²) in [5.74, 6) is -0.235. The van der Waals surface area contributed by atoms with E-state index in [2.05, 4.69) is 19.2 Å². The lowest BCUT2D eigenvalue weighted by molar-refractivity contribution is -0.359. The molecule has 450 valence electrons. The molecule has 0 saturated carbocycles. The van der Waals surface area contributed by atoms with Crippen molar-refractivity contribution in [2.24, 2.45) is 0 Å². The minimum absolute atomic E-state index is 0.235. The van der Waals surface area contributed by atoms with Gasteiger partial charge in [0.15, 0.2) is 12.6 Å². The van der Waals surface area contributed by atoms with Gasteiger partial charge < -0.3 is 65.1 Å². The van der Waals surface area contributed by atoms with Gasteiger partial charge in [-0.3, -0.25) is 4.79 Å². The number of nitrogens with one attached hydrogen (secondary N) is 1. The van der Waals surface area contributed by atoms with E-state index >= 15 is 0 Å². The Bertz CT molecular complexity index is 1330. The molecule has 9 N–H and O–H groups in total. The lowest BCUT2D eigenvalue weighted by atomic mass is 9.97. The largest absolute Gasteiger partial charge is 0.394 e. The van der Waals surface area contributed by atoms with Gasteiger partial charge in [-0.1, -0.05) is 270 Å². The van der Waals surface area contributed by atoms with Crippen LogP contribution in [0.1, 0.15) is 284 Å². The fourth-order valence-corrected chi connectivity index (χ4v) is 10.8. The van der Waals surface area contributed by atoms with Crippen molar-refractivity contribution in [2.45, 2.75) is 357 Å². The van der Waals surface area contributed by atoms with Gasteiger partial charge in [0.25, 0.3) is 0 Å². The Balaban J connectivity index is 1.59. The van der Waals surface area contributed by atoms with Gasteiger partial charge in [0.2, 0.25) is 5.91 Å². The first kappa shape index (κ1) is 70.8. The van der Waals surface area contributed by atoms with Crippen molar-refractivity contribution < 1.29 is 64.6 Å². The molecular formula is C62H119NO13. The van der Waals surface area contributed by atoms with Crippen LogP contribution in [0, 0.1) is 0 Å². The molecule has 76 heavy (non-hydrogen) atoms. The maximum Gasteiger partial charge on any atom is 0.220 e. The number of aliphatic hydroxyl groups excluding tert-OH is 8. The van der Waals surface area contributed by atoms with E-state index in [0.717, 1.165) is 38.5 Å². The molecule has 2 heterocycles. The zero-order valence-corrected chi connectivity index (χ0v) is 48.5. The number of ether oxygens (including phenoxy) is 4. The summed E-state index contributed by atoms with van der Waals surface area (Å²) < 4.78 is 22.7. The van der Waals surface area contributed by atoms with Crippen molar-refractivity contribution in [1.82, 2.24) is 5.32 Å². The van der Waals surface area contributed by atoms with E-state index in [1.165, 1.54) is 218 Å². The molecule has 0 aliphatic carbocycles. The number of hydrogen-bond donors (Lipinski definition) is 9. The summed E-state index contributed by atoms with van der Waals surface area (Å²) in [5, 5.41) is 86.9. The van der Waals surface area contributed by atoms with Crippen LogP contribution in [-0.4, -0.2) is 140 Å². The lowest BCUT2D eigenvalue weighted by Crippen LogP contribution is -2.65. The second-order valence-corrected chi connectivity index (χ2v) is 22.9. The van der Waals surface area contributed by atoms with Crippen molar-refractivity contribution in [3.05, 3.63) is 12.2 Å². The molecule has 2 rings (SSSR count). The van der Waals surface area contributed by atoms with Crippen LogP contribution in [0.5, 0.6) is 0 Å². The van der Waals surface area contributed by atoms with Crippen molar-refractivity contribution in [2.75, 3.05) is 19.8 Å². The topological polar surface area (TPSA) is 228 Å². The van der Waals surface area contributed by atoms with Crippen molar-refractivity contribution in [3.8, 4) is 0 Å². The van der Waals surface area contributed by atoms with Crippen LogP contribution < -0.4 is 5.32 Å². The third-order valence-corrected chi connectivity index (χ3v) is 16.0. The number of carbonyl (C=O) groups excluding carboxylic acids is 1. The van der Waals surface area contributed by atoms with Gasteiger partial charge >= 0.3 is 0 Å². The highest BCUT2D eigenvalue weighted by molar-refractivity contribution is 5.76. The number of hydrogen-bond acceptors (Lipinski definition) is 13. The molecule has 0 aromatic carbocycles. The van der Waals surface area contributed by atoms with Crippen LogP contribution in [0.25, 0.3) is 0 Å². The smallest absolute Gasteiger partial charge is 0.220 e. The molecule has 14 heteroatoms. The molecule has 0 aromatic heterocycles. The Labute approximate surface area is 463 Å². The van der Waals surface area contributed by atoms with E-state index in [-0.39, 0.29) is 18.9 Å². The quantitative estimate of drug-likeness (QED) is 0.0204. The molecule has 2 fully saturated rings. The zero-order chi connectivity index (χ0) is 55.3. The predicted octanol–water partition coefficient (Wildman–Crippen LogP) is 11.5. The van der Waals surface area contributed by atoms with Gasteiger partial charge in [-0.15, -0.1) is 0 Å². The monoisotopic (exact) mass is 1090 g/mol. The molecule has 0 radical (unpaired) electrons. The highest BCUT2D eigenvalue weighted by Crippen LogP contribution is 2.30. The Morgan fingerprint density at radius 3 is 1.21 bits per heavy atom. The van der Waals surface area contributed by atoms with Gasteiger partial charge in [-0.05, 0) is 19.3 Å². The van der Waals surface area contributed by atoms with E-state index in [4.69, 9.17) is 18.9 Å². The van der Waals surface area contributed by atoms with Crippen LogP contribution in [0.4, 0.5) is 0 Å². The third-order valence-electron chi connectivity index (χ3n) is 16.0. The van der Waals surface area contributed by atoms with Crippen LogP contribution in [0.3, 0.4) is 0 Å². The Morgan fingerprint density at radius 1 is 0.461 bits per heavy atom. The van der Waals surface area contributed by atoms with Gasteiger partial charge in [-0.2, -0.15) is 0 Å². The average molecular weight is 1090 g/mol.